The molecule has 0 radical (unpaired) electrons. The van der Waals surface area contributed by atoms with Gasteiger partial charge < -0.3 is 5.11 Å². The average molecular weight is 283 g/mol. The fourth-order valence-corrected chi connectivity index (χ4v) is 2.79. The maximum atomic E-state index is 11.4. The highest BCUT2D eigenvalue weighted by Crippen LogP contribution is 2.28. The zero-order chi connectivity index (χ0) is 13.3. The lowest BCUT2D eigenvalue weighted by molar-refractivity contribution is -0.142. The zero-order valence-electron chi connectivity index (χ0n) is 9.95. The number of nitrogens with one attached hydrogen (secondary N) is 1. The first-order chi connectivity index (χ1) is 8.52. The molecule has 0 amide bonds. The minimum absolute atomic E-state index is 0.0782. The van der Waals surface area contributed by atoms with Crippen molar-refractivity contribution in [2.45, 2.75) is 19.9 Å². The van der Waals surface area contributed by atoms with Crippen LogP contribution >= 0.6 is 23.6 Å². The summed E-state index contributed by atoms with van der Waals surface area (Å²) in [6.07, 6.45) is 0. The average Bonchev–Trinajstić information content (AvgIpc) is 2.88. The van der Waals surface area contributed by atoms with E-state index in [1.54, 1.807) is 4.57 Å². The Morgan fingerprint density at radius 1 is 1.61 bits per heavy atom. The number of carboxylic acids is 1. The number of H-pyrrole nitrogens is 1. The number of hydrogen-bond acceptors (Lipinski definition) is 4. The van der Waals surface area contributed by atoms with Gasteiger partial charge in [-0.1, -0.05) is 19.9 Å². The van der Waals surface area contributed by atoms with Crippen molar-refractivity contribution in [3.8, 4) is 10.7 Å². The molecular formula is C11H13N3O2S2. The van der Waals surface area contributed by atoms with Crippen LogP contribution in [0.1, 0.15) is 19.9 Å². The number of nitrogens with zero attached hydrogens (tertiary/aromatic N) is 2. The predicted molar refractivity (Wildman–Crippen MR) is 72.2 cm³/mol. The lowest BCUT2D eigenvalue weighted by atomic mass is 10.0. The summed E-state index contributed by atoms with van der Waals surface area (Å²) in [5.41, 5.74) is 0. The Hall–Kier alpha value is -1.47. The van der Waals surface area contributed by atoms with Crippen LogP contribution in [0.2, 0.25) is 0 Å². The van der Waals surface area contributed by atoms with Crippen molar-refractivity contribution >= 4 is 29.5 Å². The monoisotopic (exact) mass is 283 g/mol. The minimum Gasteiger partial charge on any atom is -0.480 e. The Morgan fingerprint density at radius 3 is 2.83 bits per heavy atom. The van der Waals surface area contributed by atoms with Gasteiger partial charge in [-0.3, -0.25) is 9.67 Å². The molecule has 1 atom stereocenters. The van der Waals surface area contributed by atoms with Gasteiger partial charge >= 0.3 is 5.97 Å². The number of carbonyl (C=O) groups is 1. The predicted octanol–water partition coefficient (Wildman–Crippen LogP) is 2.95. The lowest BCUT2D eigenvalue weighted by Gasteiger charge is -2.18. The van der Waals surface area contributed by atoms with Crippen molar-refractivity contribution in [1.82, 2.24) is 14.8 Å². The van der Waals surface area contributed by atoms with Gasteiger partial charge in [0.05, 0.1) is 4.88 Å². The number of hydrogen-bond donors (Lipinski definition) is 2. The molecule has 2 heterocycles. The number of thiophene rings is 1. The molecule has 7 heteroatoms. The molecule has 0 aliphatic heterocycles. The van der Waals surface area contributed by atoms with E-state index < -0.39 is 12.0 Å². The first-order valence-electron chi connectivity index (χ1n) is 5.46. The summed E-state index contributed by atoms with van der Waals surface area (Å²) in [4.78, 5) is 12.3. The van der Waals surface area contributed by atoms with E-state index in [2.05, 4.69) is 10.2 Å². The number of aliphatic carboxylic acids is 1. The Labute approximate surface area is 113 Å². The number of rotatable bonds is 4. The highest BCUT2D eigenvalue weighted by molar-refractivity contribution is 7.71. The Morgan fingerprint density at radius 2 is 2.33 bits per heavy atom. The summed E-state index contributed by atoms with van der Waals surface area (Å²) in [5, 5.41) is 18.1. The second-order valence-electron chi connectivity index (χ2n) is 4.23. The standard InChI is InChI=1S/C11H13N3O2S2/c1-6(2)8(10(15)16)14-9(12-13-11(14)17)7-4-3-5-18-7/h3-6,8H,1-2H3,(H,13,17)(H,15,16). The van der Waals surface area contributed by atoms with Crippen LogP contribution in [0, 0.1) is 10.7 Å². The topological polar surface area (TPSA) is 70.9 Å². The quantitative estimate of drug-likeness (QED) is 0.846. The third kappa shape index (κ3) is 2.23. The highest BCUT2D eigenvalue weighted by atomic mass is 32.1. The van der Waals surface area contributed by atoms with Crippen LogP contribution in [-0.2, 0) is 4.79 Å². The van der Waals surface area contributed by atoms with Crippen molar-refractivity contribution < 1.29 is 9.90 Å². The number of carboxylic acid groups (broad SMARTS) is 1. The van der Waals surface area contributed by atoms with Crippen LogP contribution < -0.4 is 0 Å². The van der Waals surface area contributed by atoms with E-state index in [-0.39, 0.29) is 5.92 Å². The van der Waals surface area contributed by atoms with E-state index in [9.17, 15) is 9.90 Å². The van der Waals surface area contributed by atoms with Crippen molar-refractivity contribution in [1.29, 1.82) is 0 Å². The Kier molecular flexibility index (Phi) is 3.63. The summed E-state index contributed by atoms with van der Waals surface area (Å²) in [6.45, 7) is 3.71. The van der Waals surface area contributed by atoms with Crippen LogP contribution in [0.3, 0.4) is 0 Å². The highest BCUT2D eigenvalue weighted by Gasteiger charge is 2.27. The molecule has 2 rings (SSSR count). The molecule has 0 saturated heterocycles. The van der Waals surface area contributed by atoms with Crippen molar-refractivity contribution in [2.75, 3.05) is 0 Å². The maximum absolute atomic E-state index is 11.4. The van der Waals surface area contributed by atoms with Crippen molar-refractivity contribution in [3.63, 3.8) is 0 Å². The molecule has 2 N–H and O–H groups in total. The fourth-order valence-electron chi connectivity index (χ4n) is 1.84. The Bertz CT molecular complexity index is 598. The molecule has 0 bridgehead atoms. The summed E-state index contributed by atoms with van der Waals surface area (Å²) in [6, 6.07) is 3.08. The zero-order valence-corrected chi connectivity index (χ0v) is 11.6. The lowest BCUT2D eigenvalue weighted by Crippen LogP contribution is -2.25. The van der Waals surface area contributed by atoms with Crippen LogP contribution in [0.15, 0.2) is 17.5 Å². The van der Waals surface area contributed by atoms with E-state index in [1.165, 1.54) is 11.3 Å². The molecule has 96 valence electrons. The molecule has 18 heavy (non-hydrogen) atoms. The molecule has 2 aromatic heterocycles. The molecule has 1 unspecified atom stereocenters. The second-order valence-corrected chi connectivity index (χ2v) is 5.56. The summed E-state index contributed by atoms with van der Waals surface area (Å²) in [5.74, 6) is -0.401. The fraction of sp³-hybridized carbons (Fsp3) is 0.364. The Balaban J connectivity index is 2.60. The largest absolute Gasteiger partial charge is 0.480 e. The third-order valence-corrected chi connectivity index (χ3v) is 3.76. The number of aromatic nitrogens is 3. The van der Waals surface area contributed by atoms with Gasteiger partial charge in [-0.15, -0.1) is 11.3 Å². The number of aromatic amines is 1. The molecular weight excluding hydrogens is 270 g/mol. The van der Waals surface area contributed by atoms with Crippen LogP contribution in [0.5, 0.6) is 0 Å². The van der Waals surface area contributed by atoms with Crippen molar-refractivity contribution in [3.05, 3.63) is 22.3 Å². The third-order valence-electron chi connectivity index (χ3n) is 2.61. The summed E-state index contributed by atoms with van der Waals surface area (Å²) >= 11 is 6.65. The molecule has 0 saturated carbocycles. The second kappa shape index (κ2) is 5.03. The first-order valence-corrected chi connectivity index (χ1v) is 6.74. The van der Waals surface area contributed by atoms with Gasteiger partial charge in [0.2, 0.25) is 0 Å². The smallest absolute Gasteiger partial charge is 0.327 e. The van der Waals surface area contributed by atoms with Crippen LogP contribution in [-0.4, -0.2) is 25.8 Å². The van der Waals surface area contributed by atoms with Gasteiger partial charge in [-0.25, -0.2) is 4.79 Å². The van der Waals surface area contributed by atoms with E-state index in [4.69, 9.17) is 12.2 Å². The van der Waals surface area contributed by atoms with Crippen molar-refractivity contribution in [2.24, 2.45) is 5.92 Å². The van der Waals surface area contributed by atoms with E-state index in [1.807, 2.05) is 31.4 Å². The van der Waals surface area contributed by atoms with Gasteiger partial charge in [0.25, 0.3) is 0 Å². The maximum Gasteiger partial charge on any atom is 0.327 e. The molecule has 5 nitrogen and oxygen atoms in total. The molecule has 0 aliphatic rings. The van der Waals surface area contributed by atoms with Gasteiger partial charge in [0.15, 0.2) is 10.6 Å². The van der Waals surface area contributed by atoms with Gasteiger partial charge in [-0.05, 0) is 29.6 Å². The van der Waals surface area contributed by atoms with Gasteiger partial charge in [0, 0.05) is 0 Å². The SMILES string of the molecule is CC(C)C(C(=O)O)n1c(-c2cccs2)n[nH]c1=S. The van der Waals surface area contributed by atoms with E-state index in [0.29, 0.717) is 10.6 Å². The molecule has 0 aliphatic carbocycles. The molecule has 2 aromatic rings. The van der Waals surface area contributed by atoms with Gasteiger partial charge in [0.1, 0.15) is 6.04 Å². The van der Waals surface area contributed by atoms with E-state index in [0.717, 1.165) is 4.88 Å². The normalized spacial score (nSPS) is 12.8. The summed E-state index contributed by atoms with van der Waals surface area (Å²) in [7, 11) is 0. The van der Waals surface area contributed by atoms with Gasteiger partial charge in [-0.2, -0.15) is 5.10 Å². The van der Waals surface area contributed by atoms with Crippen LogP contribution in [0.4, 0.5) is 0 Å². The van der Waals surface area contributed by atoms with E-state index >= 15 is 0 Å². The van der Waals surface area contributed by atoms with Crippen LogP contribution in [0.25, 0.3) is 10.7 Å². The molecule has 0 aromatic carbocycles. The molecule has 0 fully saturated rings. The summed E-state index contributed by atoms with van der Waals surface area (Å²) < 4.78 is 1.91. The molecule has 0 spiro atoms. The minimum atomic E-state index is -0.902. The first kappa shape index (κ1) is 13.0.